The smallest absolute Gasteiger partial charge is 0.254 e. The van der Waals surface area contributed by atoms with Gasteiger partial charge in [0.15, 0.2) is 15.7 Å². The van der Waals surface area contributed by atoms with Gasteiger partial charge in [-0.25, -0.2) is 18.4 Å². The molecule has 2 aromatic carbocycles. The van der Waals surface area contributed by atoms with Crippen LogP contribution < -0.4 is 4.90 Å². The first-order chi connectivity index (χ1) is 18.6. The maximum Gasteiger partial charge on any atom is 0.254 e. The van der Waals surface area contributed by atoms with Gasteiger partial charge in [-0.05, 0) is 51.1 Å². The molecule has 0 saturated carbocycles. The third-order valence-corrected chi connectivity index (χ3v) is 8.93. The highest BCUT2D eigenvalue weighted by molar-refractivity contribution is 7.90. The van der Waals surface area contributed by atoms with E-state index in [9.17, 15) is 13.2 Å². The molecule has 0 aliphatic carbocycles. The fourth-order valence-corrected chi connectivity index (χ4v) is 6.22. The molecule has 2 aliphatic rings. The molecule has 1 amide bonds. The number of para-hydroxylation sites is 1. The van der Waals surface area contributed by atoms with Crippen LogP contribution in [0.3, 0.4) is 0 Å². The lowest BCUT2D eigenvalue weighted by Crippen LogP contribution is -2.44. The number of fused-ring (bicyclic) bond motifs is 2. The van der Waals surface area contributed by atoms with Crippen LogP contribution >= 0.6 is 0 Å². The summed E-state index contributed by atoms with van der Waals surface area (Å²) in [6.07, 6.45) is 3.09. The summed E-state index contributed by atoms with van der Waals surface area (Å²) >= 11 is 0. The Morgan fingerprint density at radius 2 is 1.85 bits per heavy atom. The van der Waals surface area contributed by atoms with Crippen molar-refractivity contribution in [2.24, 2.45) is 0 Å². The van der Waals surface area contributed by atoms with Gasteiger partial charge < -0.3 is 19.5 Å². The number of amides is 1. The van der Waals surface area contributed by atoms with E-state index in [-0.39, 0.29) is 16.8 Å². The lowest BCUT2D eigenvalue weighted by molar-refractivity contribution is 0.0570. The number of hydrogen-bond acceptors (Lipinski definition) is 7. The highest BCUT2D eigenvalue weighted by atomic mass is 32.2. The molecular formula is C29H31N5O4S. The SMILES string of the molecule is CC1COCCN1c1nc(-c2c[nH]c3ccccc23)nc2c1CN(C(=O)c1ccc(S(C)(=O)=O)cc1)C2(C)C. The van der Waals surface area contributed by atoms with Crippen molar-refractivity contribution in [2.75, 3.05) is 30.9 Å². The standard InChI is InChI=1S/C29H31N5O4S/c1-18-17-38-14-13-33(18)27-23-16-34(28(35)19-9-11-20(12-10-19)39(4,36)37)29(2,3)25(23)31-26(32-27)22-15-30-24-8-6-5-7-21(22)24/h5-12,15,18,30H,13-14,16-17H2,1-4H3. The molecule has 6 rings (SSSR count). The predicted octanol–water partition coefficient (Wildman–Crippen LogP) is 4.14. The molecule has 0 bridgehead atoms. The van der Waals surface area contributed by atoms with Gasteiger partial charge in [0.25, 0.3) is 5.91 Å². The summed E-state index contributed by atoms with van der Waals surface area (Å²) in [5.41, 5.74) is 3.36. The van der Waals surface area contributed by atoms with Gasteiger partial charge in [0.05, 0.1) is 41.9 Å². The number of H-pyrrole nitrogens is 1. The summed E-state index contributed by atoms with van der Waals surface area (Å²) in [6, 6.07) is 14.3. The number of carbonyl (C=O) groups is 1. The van der Waals surface area contributed by atoms with Crippen LogP contribution in [0.2, 0.25) is 0 Å². The third-order valence-electron chi connectivity index (χ3n) is 7.80. The quantitative estimate of drug-likeness (QED) is 0.411. The Morgan fingerprint density at radius 3 is 2.56 bits per heavy atom. The predicted molar refractivity (Wildman–Crippen MR) is 149 cm³/mol. The largest absolute Gasteiger partial charge is 0.377 e. The molecule has 2 aliphatic heterocycles. The molecule has 1 saturated heterocycles. The zero-order chi connectivity index (χ0) is 27.5. The molecule has 4 aromatic rings. The maximum absolute atomic E-state index is 13.8. The summed E-state index contributed by atoms with van der Waals surface area (Å²) in [4.78, 5) is 31.6. The van der Waals surface area contributed by atoms with E-state index in [0.29, 0.717) is 37.7 Å². The van der Waals surface area contributed by atoms with E-state index in [2.05, 4.69) is 22.9 Å². The Bertz CT molecular complexity index is 1690. The van der Waals surface area contributed by atoms with Gasteiger partial charge in [0, 0.05) is 46.6 Å². The van der Waals surface area contributed by atoms with Crippen LogP contribution in [0.5, 0.6) is 0 Å². The summed E-state index contributed by atoms with van der Waals surface area (Å²) in [6.45, 7) is 8.36. The molecule has 2 aromatic heterocycles. The van der Waals surface area contributed by atoms with Crippen LogP contribution in [0.15, 0.2) is 59.6 Å². The number of aromatic nitrogens is 3. The first-order valence-electron chi connectivity index (χ1n) is 13.0. The van der Waals surface area contributed by atoms with Crippen LogP contribution in [0.1, 0.15) is 42.4 Å². The van der Waals surface area contributed by atoms with Crippen LogP contribution in [-0.4, -0.2) is 66.2 Å². The minimum atomic E-state index is -3.36. The Hall–Kier alpha value is -3.76. The molecule has 1 atom stereocenters. The van der Waals surface area contributed by atoms with Gasteiger partial charge in [-0.3, -0.25) is 4.79 Å². The molecule has 39 heavy (non-hydrogen) atoms. The molecule has 1 fully saturated rings. The minimum absolute atomic E-state index is 0.116. The van der Waals surface area contributed by atoms with E-state index in [0.717, 1.165) is 39.8 Å². The average Bonchev–Trinajstić information content (AvgIpc) is 3.46. The van der Waals surface area contributed by atoms with E-state index in [1.807, 2.05) is 38.2 Å². The number of nitrogens with one attached hydrogen (secondary N) is 1. The van der Waals surface area contributed by atoms with Crippen molar-refractivity contribution >= 4 is 32.5 Å². The van der Waals surface area contributed by atoms with Crippen molar-refractivity contribution in [3.63, 3.8) is 0 Å². The van der Waals surface area contributed by atoms with Crippen molar-refractivity contribution in [2.45, 2.75) is 43.8 Å². The van der Waals surface area contributed by atoms with E-state index in [4.69, 9.17) is 14.7 Å². The molecule has 9 nitrogen and oxygen atoms in total. The first-order valence-corrected chi connectivity index (χ1v) is 14.9. The number of anilines is 1. The normalized spacial score (nSPS) is 18.9. The highest BCUT2D eigenvalue weighted by Gasteiger charge is 2.45. The van der Waals surface area contributed by atoms with Crippen LogP contribution in [0.4, 0.5) is 5.82 Å². The van der Waals surface area contributed by atoms with Gasteiger partial charge in [0.1, 0.15) is 5.82 Å². The summed E-state index contributed by atoms with van der Waals surface area (Å²) in [5, 5.41) is 1.04. The molecule has 0 spiro atoms. The van der Waals surface area contributed by atoms with Crippen LogP contribution in [0.25, 0.3) is 22.3 Å². The number of rotatable bonds is 4. The molecule has 202 valence electrons. The Kier molecular flexibility index (Phi) is 6.00. The molecule has 0 radical (unpaired) electrons. The molecule has 10 heteroatoms. The number of sulfone groups is 1. The summed E-state index contributed by atoms with van der Waals surface area (Å²) < 4.78 is 29.5. The Morgan fingerprint density at radius 1 is 1.10 bits per heavy atom. The van der Waals surface area contributed by atoms with E-state index < -0.39 is 15.4 Å². The number of ether oxygens (including phenoxy) is 1. The maximum atomic E-state index is 13.8. The van der Waals surface area contributed by atoms with Crippen molar-refractivity contribution in [3.8, 4) is 11.4 Å². The van der Waals surface area contributed by atoms with Crippen molar-refractivity contribution in [1.29, 1.82) is 0 Å². The average molecular weight is 546 g/mol. The van der Waals surface area contributed by atoms with Gasteiger partial charge in [-0.2, -0.15) is 0 Å². The second-order valence-electron chi connectivity index (χ2n) is 10.8. The van der Waals surface area contributed by atoms with Gasteiger partial charge in [-0.1, -0.05) is 18.2 Å². The molecule has 1 N–H and O–H groups in total. The number of aromatic amines is 1. The fourth-order valence-electron chi connectivity index (χ4n) is 5.59. The lowest BCUT2D eigenvalue weighted by Gasteiger charge is -2.35. The van der Waals surface area contributed by atoms with Crippen molar-refractivity contribution in [1.82, 2.24) is 19.9 Å². The second kappa shape index (κ2) is 9.17. The summed E-state index contributed by atoms with van der Waals surface area (Å²) in [5.74, 6) is 1.25. The number of carbonyl (C=O) groups excluding carboxylic acids is 1. The zero-order valence-electron chi connectivity index (χ0n) is 22.4. The van der Waals surface area contributed by atoms with Gasteiger partial charge >= 0.3 is 0 Å². The van der Waals surface area contributed by atoms with E-state index in [1.54, 1.807) is 17.0 Å². The summed E-state index contributed by atoms with van der Waals surface area (Å²) in [7, 11) is -3.36. The highest BCUT2D eigenvalue weighted by Crippen LogP contribution is 2.44. The molecule has 1 unspecified atom stereocenters. The van der Waals surface area contributed by atoms with Crippen molar-refractivity contribution in [3.05, 3.63) is 71.5 Å². The van der Waals surface area contributed by atoms with E-state index in [1.165, 1.54) is 12.1 Å². The number of nitrogens with zero attached hydrogens (tertiary/aromatic N) is 4. The number of morpholine rings is 1. The second-order valence-corrected chi connectivity index (χ2v) is 12.8. The van der Waals surface area contributed by atoms with Crippen LogP contribution in [-0.2, 0) is 26.7 Å². The third kappa shape index (κ3) is 4.28. The topological polar surface area (TPSA) is 108 Å². The molecular weight excluding hydrogens is 514 g/mol. The number of hydrogen-bond donors (Lipinski definition) is 1. The zero-order valence-corrected chi connectivity index (χ0v) is 23.2. The monoisotopic (exact) mass is 545 g/mol. The fraction of sp³-hybridized carbons (Fsp3) is 0.345. The number of benzene rings is 2. The molecule has 4 heterocycles. The van der Waals surface area contributed by atoms with E-state index >= 15 is 0 Å². The van der Waals surface area contributed by atoms with Crippen molar-refractivity contribution < 1.29 is 17.9 Å². The van der Waals surface area contributed by atoms with Gasteiger partial charge in [-0.15, -0.1) is 0 Å². The minimum Gasteiger partial charge on any atom is -0.377 e. The Balaban J connectivity index is 1.47. The Labute approximate surface area is 227 Å². The van der Waals surface area contributed by atoms with Crippen LogP contribution in [0, 0.1) is 0 Å². The first kappa shape index (κ1) is 25.5. The lowest BCUT2D eigenvalue weighted by atomic mass is 9.98. The van der Waals surface area contributed by atoms with Gasteiger partial charge in [0.2, 0.25) is 0 Å².